The molecule has 1 saturated heterocycles. The molecule has 1 amide bonds. The first-order chi connectivity index (χ1) is 14.0. The number of aryl methyl sites for hydroxylation is 2. The van der Waals surface area contributed by atoms with Crippen LogP contribution in [-0.2, 0) is 11.3 Å². The Hall–Kier alpha value is -2.60. The first-order valence-electron chi connectivity index (χ1n) is 9.81. The summed E-state index contributed by atoms with van der Waals surface area (Å²) in [6.45, 7) is 6.70. The maximum Gasteiger partial charge on any atom is 0.242 e. The summed E-state index contributed by atoms with van der Waals surface area (Å²) in [7, 11) is 1.64. The second-order valence-corrected chi connectivity index (χ2v) is 8.32. The topological polar surface area (TPSA) is 54.3 Å². The quantitative estimate of drug-likeness (QED) is 0.480. The minimum absolute atomic E-state index is 0.0895. The van der Waals surface area contributed by atoms with Gasteiger partial charge in [0.1, 0.15) is 5.75 Å². The lowest BCUT2D eigenvalue weighted by molar-refractivity contribution is -0.126. The van der Waals surface area contributed by atoms with Gasteiger partial charge in [-0.15, -0.1) is 5.10 Å². The lowest BCUT2D eigenvalue weighted by Crippen LogP contribution is -2.31. The van der Waals surface area contributed by atoms with Crippen molar-refractivity contribution in [2.75, 3.05) is 7.11 Å². The summed E-state index contributed by atoms with van der Waals surface area (Å²) in [5.41, 5.74) is 4.43. The Morgan fingerprint density at radius 2 is 1.93 bits per heavy atom. The van der Waals surface area contributed by atoms with Crippen LogP contribution in [0.4, 0.5) is 0 Å². The van der Waals surface area contributed by atoms with Crippen LogP contribution < -0.4 is 4.74 Å². The molecule has 1 fully saturated rings. The molecule has 0 saturated carbocycles. The number of amides is 1. The van der Waals surface area contributed by atoms with Crippen LogP contribution in [0.15, 0.2) is 52.7 Å². The lowest BCUT2D eigenvalue weighted by Gasteiger charge is -2.16. The molecule has 0 N–H and O–H groups in total. The van der Waals surface area contributed by atoms with Crippen molar-refractivity contribution in [1.29, 1.82) is 0 Å². The third-order valence-electron chi connectivity index (χ3n) is 4.84. The van der Waals surface area contributed by atoms with Gasteiger partial charge in [0.2, 0.25) is 5.91 Å². The Bertz CT molecular complexity index is 922. The van der Waals surface area contributed by atoms with E-state index in [4.69, 9.17) is 4.74 Å². The van der Waals surface area contributed by atoms with Gasteiger partial charge < -0.3 is 4.74 Å². The standard InChI is InChI=1S/C23H27N3O2S/c1-5-6-21-22(27)26(15-18-8-11-20(28-4)12-9-18)23(29-21)25-24-14-19-10-7-16(2)13-17(19)3/h7-14,21H,5-6,15H2,1-4H3/b24-14-,25-23-/t21-/m1/s1. The van der Waals surface area contributed by atoms with Gasteiger partial charge in [0.25, 0.3) is 0 Å². The number of hydrogen-bond donors (Lipinski definition) is 0. The summed E-state index contributed by atoms with van der Waals surface area (Å²) >= 11 is 1.51. The van der Waals surface area contributed by atoms with Crippen LogP contribution >= 0.6 is 11.8 Å². The fraction of sp³-hybridized carbons (Fsp3) is 0.348. The van der Waals surface area contributed by atoms with E-state index in [2.05, 4.69) is 43.1 Å². The second-order valence-electron chi connectivity index (χ2n) is 7.15. The molecular formula is C23H27N3O2S. The SMILES string of the molecule is CCC[C@H]1S/C(=N\N=C/c2ccc(C)cc2C)N(Cc2ccc(OC)cc2)C1=O. The van der Waals surface area contributed by atoms with E-state index < -0.39 is 0 Å². The third kappa shape index (κ3) is 5.26. The van der Waals surface area contributed by atoms with E-state index in [9.17, 15) is 4.79 Å². The highest BCUT2D eigenvalue weighted by Crippen LogP contribution is 2.32. The van der Waals surface area contributed by atoms with Gasteiger partial charge in [-0.2, -0.15) is 5.10 Å². The molecule has 0 spiro atoms. The highest BCUT2D eigenvalue weighted by Gasteiger charge is 2.37. The molecule has 0 unspecified atom stereocenters. The van der Waals surface area contributed by atoms with Gasteiger partial charge in [-0.25, -0.2) is 0 Å². The molecule has 0 bridgehead atoms. The maximum atomic E-state index is 12.9. The lowest BCUT2D eigenvalue weighted by atomic mass is 10.1. The van der Waals surface area contributed by atoms with E-state index in [0.717, 1.165) is 35.3 Å². The molecule has 2 aromatic rings. The van der Waals surface area contributed by atoms with Crippen molar-refractivity contribution in [1.82, 2.24) is 4.90 Å². The average molecular weight is 410 g/mol. The number of benzene rings is 2. The first kappa shape index (κ1) is 21.1. The van der Waals surface area contributed by atoms with Crippen LogP contribution in [0.1, 0.15) is 42.0 Å². The predicted octanol–water partition coefficient (Wildman–Crippen LogP) is 4.95. The smallest absolute Gasteiger partial charge is 0.242 e. The minimum atomic E-state index is -0.0895. The molecule has 1 aliphatic heterocycles. The zero-order valence-corrected chi connectivity index (χ0v) is 18.2. The molecule has 152 valence electrons. The van der Waals surface area contributed by atoms with Crippen LogP contribution in [0.5, 0.6) is 5.75 Å². The van der Waals surface area contributed by atoms with Crippen LogP contribution in [0.25, 0.3) is 0 Å². The fourth-order valence-corrected chi connectivity index (χ4v) is 4.41. The molecule has 6 heteroatoms. The van der Waals surface area contributed by atoms with Crippen molar-refractivity contribution in [2.24, 2.45) is 10.2 Å². The minimum Gasteiger partial charge on any atom is -0.497 e. The molecule has 2 aromatic carbocycles. The van der Waals surface area contributed by atoms with E-state index in [0.29, 0.717) is 11.7 Å². The van der Waals surface area contributed by atoms with Crippen molar-refractivity contribution in [3.8, 4) is 5.75 Å². The second kappa shape index (κ2) is 9.74. The molecule has 1 aliphatic rings. The van der Waals surface area contributed by atoms with E-state index in [-0.39, 0.29) is 11.2 Å². The maximum absolute atomic E-state index is 12.9. The van der Waals surface area contributed by atoms with Crippen molar-refractivity contribution in [2.45, 2.75) is 45.4 Å². The molecule has 5 nitrogen and oxygen atoms in total. The van der Waals surface area contributed by atoms with Crippen LogP contribution in [0.2, 0.25) is 0 Å². The zero-order valence-electron chi connectivity index (χ0n) is 17.4. The first-order valence-corrected chi connectivity index (χ1v) is 10.7. The number of amidine groups is 1. The highest BCUT2D eigenvalue weighted by atomic mass is 32.2. The summed E-state index contributed by atoms with van der Waals surface area (Å²) in [5, 5.41) is 9.26. The van der Waals surface area contributed by atoms with E-state index in [1.165, 1.54) is 17.3 Å². The summed E-state index contributed by atoms with van der Waals surface area (Å²) < 4.78 is 5.22. The number of methoxy groups -OCH3 is 1. The van der Waals surface area contributed by atoms with Gasteiger partial charge in [0.05, 0.1) is 25.1 Å². The van der Waals surface area contributed by atoms with Crippen molar-refractivity contribution >= 4 is 29.1 Å². The fourth-order valence-electron chi connectivity index (χ4n) is 3.20. The van der Waals surface area contributed by atoms with Gasteiger partial charge in [0, 0.05) is 0 Å². The Balaban J connectivity index is 1.81. The Kier molecular flexibility index (Phi) is 7.09. The number of ether oxygens (including phenoxy) is 1. The highest BCUT2D eigenvalue weighted by molar-refractivity contribution is 8.15. The van der Waals surface area contributed by atoms with E-state index >= 15 is 0 Å². The molecule has 29 heavy (non-hydrogen) atoms. The van der Waals surface area contributed by atoms with Gasteiger partial charge >= 0.3 is 0 Å². The van der Waals surface area contributed by atoms with Crippen molar-refractivity contribution in [3.05, 3.63) is 64.7 Å². The van der Waals surface area contributed by atoms with Gasteiger partial charge in [-0.3, -0.25) is 9.69 Å². The molecule has 0 aliphatic carbocycles. The summed E-state index contributed by atoms with van der Waals surface area (Å²) in [6, 6.07) is 14.0. The van der Waals surface area contributed by atoms with E-state index in [1.54, 1.807) is 18.2 Å². The van der Waals surface area contributed by atoms with Gasteiger partial charge in [-0.1, -0.05) is 61.0 Å². The third-order valence-corrected chi connectivity index (χ3v) is 6.07. The molecule has 0 aromatic heterocycles. The number of thioether (sulfide) groups is 1. The molecule has 3 rings (SSSR count). The molecule has 0 radical (unpaired) electrons. The largest absolute Gasteiger partial charge is 0.497 e. The summed E-state index contributed by atoms with van der Waals surface area (Å²) in [6.07, 6.45) is 3.55. The Labute approximate surface area is 176 Å². The number of carbonyl (C=O) groups excluding carboxylic acids is 1. The van der Waals surface area contributed by atoms with Crippen LogP contribution in [0, 0.1) is 13.8 Å². The average Bonchev–Trinajstić information content (AvgIpc) is 2.99. The summed E-state index contributed by atoms with van der Waals surface area (Å²) in [5.74, 6) is 0.903. The number of nitrogens with zero attached hydrogens (tertiary/aromatic N) is 3. The van der Waals surface area contributed by atoms with Gasteiger partial charge in [-0.05, 0) is 49.1 Å². The molecule has 1 heterocycles. The predicted molar refractivity (Wildman–Crippen MR) is 121 cm³/mol. The Morgan fingerprint density at radius 1 is 1.17 bits per heavy atom. The van der Waals surface area contributed by atoms with Crippen LogP contribution in [-0.4, -0.2) is 34.5 Å². The summed E-state index contributed by atoms with van der Waals surface area (Å²) in [4.78, 5) is 14.6. The van der Waals surface area contributed by atoms with Crippen LogP contribution in [0.3, 0.4) is 0 Å². The van der Waals surface area contributed by atoms with Gasteiger partial charge in [0.15, 0.2) is 5.17 Å². The Morgan fingerprint density at radius 3 is 2.59 bits per heavy atom. The van der Waals surface area contributed by atoms with Crippen molar-refractivity contribution < 1.29 is 9.53 Å². The number of hydrogen-bond acceptors (Lipinski definition) is 5. The molecule has 1 atom stereocenters. The number of rotatable bonds is 7. The van der Waals surface area contributed by atoms with Crippen molar-refractivity contribution in [3.63, 3.8) is 0 Å². The van der Waals surface area contributed by atoms with E-state index in [1.807, 2.05) is 30.3 Å². The monoisotopic (exact) mass is 409 g/mol. The normalized spacial score (nSPS) is 18.2. The zero-order chi connectivity index (χ0) is 20.8. The molecular weight excluding hydrogens is 382 g/mol. The number of carbonyl (C=O) groups is 1.